The van der Waals surface area contributed by atoms with Crippen molar-refractivity contribution < 1.29 is 18.0 Å². The lowest BCUT2D eigenvalue weighted by atomic mass is 10.1. The van der Waals surface area contributed by atoms with Crippen LogP contribution in [0.15, 0.2) is 83.8 Å². The van der Waals surface area contributed by atoms with Gasteiger partial charge in [0.1, 0.15) is 0 Å². The van der Waals surface area contributed by atoms with E-state index in [0.29, 0.717) is 22.5 Å². The number of primary amides is 1. The monoisotopic (exact) mass is 423 g/mol. The van der Waals surface area contributed by atoms with Crippen molar-refractivity contribution in [3.05, 3.63) is 90.0 Å². The first-order chi connectivity index (χ1) is 14.3. The first kappa shape index (κ1) is 21.1. The summed E-state index contributed by atoms with van der Waals surface area (Å²) in [6.07, 6.45) is 0. The maximum atomic E-state index is 12.9. The third-order valence-electron chi connectivity index (χ3n) is 4.46. The Balaban J connectivity index is 1.77. The van der Waals surface area contributed by atoms with Gasteiger partial charge in [-0.05, 0) is 67.6 Å². The molecule has 0 aliphatic heterocycles. The average Bonchev–Trinajstić information content (AvgIpc) is 2.75. The van der Waals surface area contributed by atoms with Gasteiger partial charge >= 0.3 is 0 Å². The minimum Gasteiger partial charge on any atom is -0.366 e. The molecule has 0 unspecified atom stereocenters. The minimum atomic E-state index is -3.70. The van der Waals surface area contributed by atoms with Crippen LogP contribution in [0.2, 0.25) is 0 Å². The molecule has 3 aromatic carbocycles. The lowest BCUT2D eigenvalue weighted by Crippen LogP contribution is -2.30. The van der Waals surface area contributed by atoms with Crippen LogP contribution >= 0.6 is 0 Å². The van der Waals surface area contributed by atoms with Crippen molar-refractivity contribution in [2.24, 2.45) is 5.73 Å². The highest BCUT2D eigenvalue weighted by Crippen LogP contribution is 2.24. The van der Waals surface area contributed by atoms with E-state index in [1.54, 1.807) is 73.7 Å². The Morgan fingerprint density at radius 1 is 0.867 bits per heavy atom. The van der Waals surface area contributed by atoms with Crippen LogP contribution < -0.4 is 15.4 Å². The highest BCUT2D eigenvalue weighted by molar-refractivity contribution is 7.92. The molecule has 154 valence electrons. The molecule has 0 saturated heterocycles. The van der Waals surface area contributed by atoms with E-state index in [9.17, 15) is 18.0 Å². The van der Waals surface area contributed by atoms with Crippen LogP contribution in [0.25, 0.3) is 0 Å². The number of anilines is 2. The Morgan fingerprint density at radius 3 is 1.97 bits per heavy atom. The lowest BCUT2D eigenvalue weighted by molar-refractivity contribution is 0.0998. The Morgan fingerprint density at radius 2 is 1.43 bits per heavy atom. The first-order valence-electron chi connectivity index (χ1n) is 9.22. The molecule has 0 aliphatic carbocycles. The third kappa shape index (κ3) is 4.49. The summed E-state index contributed by atoms with van der Waals surface area (Å²) in [6.45, 7) is 1.99. The normalized spacial score (nSPS) is 11.0. The molecule has 0 saturated carbocycles. The molecule has 0 bridgehead atoms. The van der Waals surface area contributed by atoms with E-state index in [-0.39, 0.29) is 17.3 Å². The lowest BCUT2D eigenvalue weighted by Gasteiger charge is -2.23. The zero-order valence-electron chi connectivity index (χ0n) is 16.3. The highest BCUT2D eigenvalue weighted by Gasteiger charge is 2.23. The molecular weight excluding hydrogens is 402 g/mol. The summed E-state index contributed by atoms with van der Waals surface area (Å²) in [4.78, 5) is 23.8. The Labute approximate surface area is 175 Å². The average molecular weight is 423 g/mol. The highest BCUT2D eigenvalue weighted by atomic mass is 32.2. The molecule has 7 nitrogen and oxygen atoms in total. The topological polar surface area (TPSA) is 110 Å². The number of carbonyl (C=O) groups excluding carboxylic acids is 2. The van der Waals surface area contributed by atoms with Gasteiger partial charge in [-0.3, -0.25) is 13.9 Å². The molecule has 0 heterocycles. The molecule has 0 atom stereocenters. The largest absolute Gasteiger partial charge is 0.366 e. The summed E-state index contributed by atoms with van der Waals surface area (Å²) in [7, 11) is -3.70. The standard InChI is InChI=1S/C22H21N3O4S/c1-2-25(30(28,29)20-6-4-3-5-7-20)19-14-10-17(11-15-19)22(27)24-18-12-8-16(9-13-18)21(23)26/h3-15H,2H2,1H3,(H2,23,26)(H,24,27). The zero-order chi connectivity index (χ0) is 21.7. The number of benzene rings is 3. The fourth-order valence-electron chi connectivity index (χ4n) is 2.91. The number of carbonyl (C=O) groups is 2. The van der Waals surface area contributed by atoms with E-state index in [1.807, 2.05) is 0 Å². The van der Waals surface area contributed by atoms with Crippen molar-refractivity contribution in [1.82, 2.24) is 0 Å². The summed E-state index contributed by atoms with van der Waals surface area (Å²) in [6, 6.07) is 20.7. The first-order valence-corrected chi connectivity index (χ1v) is 10.7. The van der Waals surface area contributed by atoms with Crippen molar-refractivity contribution >= 4 is 33.2 Å². The van der Waals surface area contributed by atoms with Crippen LogP contribution in [0, 0.1) is 0 Å². The second-order valence-electron chi connectivity index (χ2n) is 6.43. The summed E-state index contributed by atoms with van der Waals surface area (Å²) >= 11 is 0. The second-order valence-corrected chi connectivity index (χ2v) is 8.29. The predicted molar refractivity (Wildman–Crippen MR) is 116 cm³/mol. The number of hydrogen-bond acceptors (Lipinski definition) is 4. The molecule has 3 rings (SSSR count). The molecule has 0 spiro atoms. The van der Waals surface area contributed by atoms with Gasteiger partial charge in [0.25, 0.3) is 15.9 Å². The molecule has 0 aliphatic rings. The van der Waals surface area contributed by atoms with Gasteiger partial charge in [-0.25, -0.2) is 8.42 Å². The van der Waals surface area contributed by atoms with Gasteiger partial charge in [-0.2, -0.15) is 0 Å². The number of nitrogens with zero attached hydrogens (tertiary/aromatic N) is 1. The maximum absolute atomic E-state index is 12.9. The minimum absolute atomic E-state index is 0.202. The summed E-state index contributed by atoms with van der Waals surface area (Å²) in [5, 5.41) is 2.72. The van der Waals surface area contributed by atoms with Crippen molar-refractivity contribution in [1.29, 1.82) is 0 Å². The van der Waals surface area contributed by atoms with Crippen LogP contribution in [0.1, 0.15) is 27.6 Å². The molecule has 0 fully saturated rings. The molecule has 3 N–H and O–H groups in total. The number of sulfonamides is 1. The summed E-state index contributed by atoms with van der Waals surface area (Å²) in [5.74, 6) is -0.906. The van der Waals surface area contributed by atoms with Gasteiger partial charge in [-0.15, -0.1) is 0 Å². The molecular formula is C22H21N3O4S. The van der Waals surface area contributed by atoms with Crippen LogP contribution in [-0.2, 0) is 10.0 Å². The second kappa shape index (κ2) is 8.79. The Bertz CT molecular complexity index is 1140. The molecule has 2 amide bonds. The number of amides is 2. The van der Waals surface area contributed by atoms with Crippen molar-refractivity contribution in [3.8, 4) is 0 Å². The number of nitrogens with two attached hydrogens (primary N) is 1. The van der Waals surface area contributed by atoms with E-state index >= 15 is 0 Å². The SMILES string of the molecule is CCN(c1ccc(C(=O)Nc2ccc(C(N)=O)cc2)cc1)S(=O)(=O)c1ccccc1. The fourth-order valence-corrected chi connectivity index (χ4v) is 4.41. The number of nitrogens with one attached hydrogen (secondary N) is 1. The van der Waals surface area contributed by atoms with Crippen molar-refractivity contribution in [2.45, 2.75) is 11.8 Å². The van der Waals surface area contributed by atoms with Gasteiger partial charge in [0, 0.05) is 23.4 Å². The predicted octanol–water partition coefficient (Wildman–Crippen LogP) is 3.25. The van der Waals surface area contributed by atoms with Crippen molar-refractivity contribution in [2.75, 3.05) is 16.2 Å². The maximum Gasteiger partial charge on any atom is 0.264 e. The van der Waals surface area contributed by atoms with Crippen LogP contribution in [0.4, 0.5) is 11.4 Å². The van der Waals surface area contributed by atoms with Crippen LogP contribution in [0.3, 0.4) is 0 Å². The zero-order valence-corrected chi connectivity index (χ0v) is 17.1. The number of hydrogen-bond donors (Lipinski definition) is 2. The smallest absolute Gasteiger partial charge is 0.264 e. The Hall–Kier alpha value is -3.65. The van der Waals surface area contributed by atoms with E-state index < -0.39 is 15.9 Å². The van der Waals surface area contributed by atoms with Crippen LogP contribution in [-0.4, -0.2) is 26.8 Å². The van der Waals surface area contributed by atoms with E-state index in [0.717, 1.165) is 0 Å². The molecule has 0 aromatic heterocycles. The van der Waals surface area contributed by atoms with Crippen LogP contribution in [0.5, 0.6) is 0 Å². The van der Waals surface area contributed by atoms with Crippen molar-refractivity contribution in [3.63, 3.8) is 0 Å². The van der Waals surface area contributed by atoms with E-state index in [2.05, 4.69) is 5.32 Å². The Kier molecular flexibility index (Phi) is 6.17. The molecule has 30 heavy (non-hydrogen) atoms. The molecule has 0 radical (unpaired) electrons. The van der Waals surface area contributed by atoms with Gasteiger partial charge in [0.2, 0.25) is 5.91 Å². The quantitative estimate of drug-likeness (QED) is 0.608. The number of rotatable bonds is 7. The molecule has 8 heteroatoms. The summed E-state index contributed by atoms with van der Waals surface area (Å²) in [5.41, 5.74) is 6.88. The summed E-state index contributed by atoms with van der Waals surface area (Å²) < 4.78 is 27.1. The molecule has 3 aromatic rings. The third-order valence-corrected chi connectivity index (χ3v) is 6.38. The van der Waals surface area contributed by atoms with E-state index in [4.69, 9.17) is 5.73 Å². The fraction of sp³-hybridized carbons (Fsp3) is 0.0909. The van der Waals surface area contributed by atoms with Gasteiger partial charge in [-0.1, -0.05) is 18.2 Å². The van der Waals surface area contributed by atoms with Gasteiger partial charge in [0.15, 0.2) is 0 Å². The van der Waals surface area contributed by atoms with Gasteiger partial charge in [0.05, 0.1) is 10.6 Å². The van der Waals surface area contributed by atoms with E-state index in [1.165, 1.54) is 16.4 Å². The van der Waals surface area contributed by atoms with Gasteiger partial charge < -0.3 is 11.1 Å².